The van der Waals surface area contributed by atoms with E-state index in [4.69, 9.17) is 0 Å². The highest BCUT2D eigenvalue weighted by Gasteiger charge is 2.22. The van der Waals surface area contributed by atoms with E-state index >= 15 is 0 Å². The molecular weight excluding hydrogens is 218 g/mol. The zero-order chi connectivity index (χ0) is 8.97. The van der Waals surface area contributed by atoms with Crippen LogP contribution in [0.5, 0.6) is 0 Å². The molecule has 2 nitrogen and oxygen atoms in total. The molecule has 1 aliphatic carbocycles. The minimum Gasteiger partial charge on any atom is -0.353 e. The van der Waals surface area contributed by atoms with Crippen LogP contribution in [-0.4, -0.2) is 17.3 Å². The Bertz CT molecular complexity index is 155. The molecule has 3 heteroatoms. The Morgan fingerprint density at radius 2 is 2.17 bits per heavy atom. The van der Waals surface area contributed by atoms with Crippen LogP contribution < -0.4 is 5.32 Å². The lowest BCUT2D eigenvalue weighted by atomic mass is 10.00. The molecule has 0 radical (unpaired) electrons. The van der Waals surface area contributed by atoms with Crippen LogP contribution in [0, 0.1) is 5.92 Å². The minimum atomic E-state index is 0.106. The van der Waals surface area contributed by atoms with Gasteiger partial charge in [-0.05, 0) is 25.7 Å². The van der Waals surface area contributed by atoms with Crippen molar-refractivity contribution in [2.75, 3.05) is 5.33 Å². The molecule has 0 aliphatic heterocycles. The molecule has 12 heavy (non-hydrogen) atoms. The van der Waals surface area contributed by atoms with E-state index in [9.17, 15) is 4.79 Å². The maximum absolute atomic E-state index is 11.0. The average molecular weight is 234 g/mol. The van der Waals surface area contributed by atoms with E-state index in [0.717, 1.165) is 0 Å². The van der Waals surface area contributed by atoms with Gasteiger partial charge in [0, 0.05) is 6.04 Å². The van der Waals surface area contributed by atoms with Crippen molar-refractivity contribution < 1.29 is 4.79 Å². The van der Waals surface area contributed by atoms with Crippen molar-refractivity contribution in [2.24, 2.45) is 5.92 Å². The van der Waals surface area contributed by atoms with Crippen LogP contribution in [0.25, 0.3) is 0 Å². The predicted molar refractivity (Wildman–Crippen MR) is 53.4 cm³/mol. The first-order valence-electron chi connectivity index (χ1n) is 4.59. The number of carbonyl (C=O) groups is 1. The van der Waals surface area contributed by atoms with Gasteiger partial charge in [0.05, 0.1) is 5.33 Å². The molecule has 1 N–H and O–H groups in total. The normalized spacial score (nSPS) is 20.8. The molecule has 0 aromatic heterocycles. The molecule has 0 bridgehead atoms. The summed E-state index contributed by atoms with van der Waals surface area (Å²) < 4.78 is 0. The fraction of sp³-hybridized carbons (Fsp3) is 0.889. The molecule has 70 valence electrons. The molecule has 0 heterocycles. The second kappa shape index (κ2) is 4.85. The molecule has 1 atom stereocenters. The Morgan fingerprint density at radius 1 is 1.58 bits per heavy atom. The topological polar surface area (TPSA) is 29.1 Å². The number of nitrogens with one attached hydrogen (secondary N) is 1. The van der Waals surface area contributed by atoms with E-state index in [2.05, 4.69) is 28.2 Å². The molecule has 1 amide bonds. The molecule has 1 rings (SSSR count). The van der Waals surface area contributed by atoms with Crippen molar-refractivity contribution in [2.45, 2.75) is 38.6 Å². The van der Waals surface area contributed by atoms with Gasteiger partial charge in [0.2, 0.25) is 5.91 Å². The maximum atomic E-state index is 11.0. The van der Waals surface area contributed by atoms with Crippen LogP contribution in [0.15, 0.2) is 0 Å². The van der Waals surface area contributed by atoms with Crippen molar-refractivity contribution >= 4 is 21.8 Å². The van der Waals surface area contributed by atoms with Gasteiger partial charge in [0.25, 0.3) is 0 Å². The van der Waals surface area contributed by atoms with E-state index < -0.39 is 0 Å². The van der Waals surface area contributed by atoms with Crippen LogP contribution in [0.2, 0.25) is 0 Å². The van der Waals surface area contributed by atoms with Crippen molar-refractivity contribution in [1.82, 2.24) is 5.32 Å². The predicted octanol–water partition coefficient (Wildman–Crippen LogP) is 2.08. The van der Waals surface area contributed by atoms with Crippen molar-refractivity contribution in [3.05, 3.63) is 0 Å². The molecule has 0 saturated heterocycles. The lowest BCUT2D eigenvalue weighted by Crippen LogP contribution is -2.37. The molecular formula is C9H16BrNO. The number of amides is 1. The quantitative estimate of drug-likeness (QED) is 0.744. The third-order valence-corrected chi connectivity index (χ3v) is 3.13. The molecule has 0 aromatic rings. The number of rotatable bonds is 3. The van der Waals surface area contributed by atoms with E-state index in [1.165, 1.54) is 25.7 Å². The second-order valence-corrected chi connectivity index (χ2v) is 4.10. The summed E-state index contributed by atoms with van der Waals surface area (Å²) >= 11 is 3.14. The Morgan fingerprint density at radius 3 is 2.67 bits per heavy atom. The monoisotopic (exact) mass is 233 g/mol. The number of alkyl halides is 1. The Hall–Kier alpha value is -0.0500. The van der Waals surface area contributed by atoms with Crippen LogP contribution >= 0.6 is 15.9 Å². The van der Waals surface area contributed by atoms with E-state index in [1.54, 1.807) is 0 Å². The van der Waals surface area contributed by atoms with E-state index in [1.807, 2.05) is 0 Å². The van der Waals surface area contributed by atoms with Gasteiger partial charge < -0.3 is 5.32 Å². The molecule has 1 unspecified atom stereocenters. The van der Waals surface area contributed by atoms with Gasteiger partial charge in [0.1, 0.15) is 0 Å². The first kappa shape index (κ1) is 10.0. The van der Waals surface area contributed by atoms with Crippen molar-refractivity contribution in [3.63, 3.8) is 0 Å². The van der Waals surface area contributed by atoms with Gasteiger partial charge in [-0.2, -0.15) is 0 Å². The Kier molecular flexibility index (Phi) is 4.06. The Labute approximate surface area is 82.2 Å². The minimum absolute atomic E-state index is 0.106. The van der Waals surface area contributed by atoms with E-state index in [0.29, 0.717) is 17.3 Å². The second-order valence-electron chi connectivity index (χ2n) is 3.53. The highest BCUT2D eigenvalue weighted by atomic mass is 79.9. The van der Waals surface area contributed by atoms with Crippen LogP contribution in [0.4, 0.5) is 0 Å². The lowest BCUT2D eigenvalue weighted by Gasteiger charge is -2.19. The van der Waals surface area contributed by atoms with Crippen LogP contribution in [-0.2, 0) is 4.79 Å². The van der Waals surface area contributed by atoms with Crippen LogP contribution in [0.1, 0.15) is 32.6 Å². The molecule has 0 aromatic carbocycles. The SMILES string of the molecule is CC(NC(=O)CBr)C1CCCC1. The van der Waals surface area contributed by atoms with Gasteiger partial charge in [-0.25, -0.2) is 0 Å². The first-order chi connectivity index (χ1) is 5.74. The first-order valence-corrected chi connectivity index (χ1v) is 5.71. The summed E-state index contributed by atoms with van der Waals surface area (Å²) in [5.74, 6) is 0.822. The summed E-state index contributed by atoms with van der Waals surface area (Å²) in [6, 6.07) is 0.359. The number of halogens is 1. The summed E-state index contributed by atoms with van der Waals surface area (Å²) in [5, 5.41) is 3.41. The van der Waals surface area contributed by atoms with Gasteiger partial charge in [-0.1, -0.05) is 28.8 Å². The van der Waals surface area contributed by atoms with Gasteiger partial charge in [-0.15, -0.1) is 0 Å². The third kappa shape index (κ3) is 2.77. The number of carbonyl (C=O) groups excluding carboxylic acids is 1. The summed E-state index contributed by atoms with van der Waals surface area (Å²) in [6.45, 7) is 2.11. The fourth-order valence-electron chi connectivity index (χ4n) is 1.87. The fourth-order valence-corrected chi connectivity index (χ4v) is 2.03. The van der Waals surface area contributed by atoms with Crippen molar-refractivity contribution in [1.29, 1.82) is 0 Å². The highest BCUT2D eigenvalue weighted by molar-refractivity contribution is 9.09. The average Bonchev–Trinajstić information content (AvgIpc) is 2.56. The Balaban J connectivity index is 2.26. The van der Waals surface area contributed by atoms with Gasteiger partial charge in [0.15, 0.2) is 0 Å². The molecule has 1 aliphatic rings. The number of hydrogen-bond acceptors (Lipinski definition) is 1. The zero-order valence-electron chi connectivity index (χ0n) is 7.48. The summed E-state index contributed by atoms with van der Waals surface area (Å²) in [5.41, 5.74) is 0. The van der Waals surface area contributed by atoms with E-state index in [-0.39, 0.29) is 5.91 Å². The summed E-state index contributed by atoms with van der Waals surface area (Å²) in [7, 11) is 0. The third-order valence-electron chi connectivity index (χ3n) is 2.62. The maximum Gasteiger partial charge on any atom is 0.230 e. The smallest absolute Gasteiger partial charge is 0.230 e. The largest absolute Gasteiger partial charge is 0.353 e. The molecule has 0 spiro atoms. The zero-order valence-corrected chi connectivity index (χ0v) is 9.06. The van der Waals surface area contributed by atoms with Crippen LogP contribution in [0.3, 0.4) is 0 Å². The molecule has 1 fully saturated rings. The standard InChI is InChI=1S/C9H16BrNO/c1-7(11-9(12)6-10)8-4-2-3-5-8/h7-8H,2-6H2,1H3,(H,11,12). The van der Waals surface area contributed by atoms with Crippen molar-refractivity contribution in [3.8, 4) is 0 Å². The summed E-state index contributed by atoms with van der Waals surface area (Å²) in [6.07, 6.45) is 5.23. The highest BCUT2D eigenvalue weighted by Crippen LogP contribution is 2.27. The molecule has 1 saturated carbocycles. The number of hydrogen-bond donors (Lipinski definition) is 1. The summed E-state index contributed by atoms with van der Waals surface area (Å²) in [4.78, 5) is 11.0. The van der Waals surface area contributed by atoms with Gasteiger partial charge in [-0.3, -0.25) is 4.79 Å². The van der Waals surface area contributed by atoms with Gasteiger partial charge >= 0.3 is 0 Å². The lowest BCUT2D eigenvalue weighted by molar-refractivity contribution is -0.119.